The van der Waals surface area contributed by atoms with Crippen molar-refractivity contribution in [1.82, 2.24) is 20.9 Å². The second-order valence-electron chi connectivity index (χ2n) is 8.83. The molecule has 36 heavy (non-hydrogen) atoms. The van der Waals surface area contributed by atoms with E-state index < -0.39 is 54.5 Å². The van der Waals surface area contributed by atoms with E-state index >= 15 is 0 Å². The van der Waals surface area contributed by atoms with Crippen LogP contribution >= 0.6 is 11.8 Å². The predicted molar refractivity (Wildman–Crippen MR) is 138 cm³/mol. The van der Waals surface area contributed by atoms with Crippen LogP contribution in [0.2, 0.25) is 0 Å². The van der Waals surface area contributed by atoms with Gasteiger partial charge in [0.2, 0.25) is 17.7 Å². The molecule has 198 valence electrons. The van der Waals surface area contributed by atoms with Crippen LogP contribution in [-0.2, 0) is 25.6 Å². The first-order chi connectivity index (χ1) is 17.1. The molecule has 2 aromatic rings. The minimum absolute atomic E-state index is 0.00417. The number of hydrogen-bond acceptors (Lipinski definition) is 7. The number of aromatic amines is 1. The number of aliphatic carboxylic acids is 1. The van der Waals surface area contributed by atoms with Crippen LogP contribution in [0.1, 0.15) is 25.8 Å². The molecule has 2 rings (SSSR count). The fourth-order valence-corrected chi connectivity index (χ4v) is 4.11. The summed E-state index contributed by atoms with van der Waals surface area (Å²) in [4.78, 5) is 53.0. The molecule has 1 heterocycles. The van der Waals surface area contributed by atoms with Gasteiger partial charge in [0.05, 0.1) is 12.6 Å². The van der Waals surface area contributed by atoms with Gasteiger partial charge >= 0.3 is 5.97 Å². The van der Waals surface area contributed by atoms with Crippen molar-refractivity contribution in [3.8, 4) is 0 Å². The standard InChI is InChI=1S/C24H35N5O6S/c1-13(2)20(29-21(31)16(25)8-9-36-3)23(33)28-19(12-30)22(32)27-18(24(34)35)10-14-11-26-17-7-5-4-6-15(14)17/h4-7,11,13,16,18-20,26,30H,8-10,12,25H2,1-3H3,(H,27,32)(H,28,33)(H,29,31)(H,34,35). The molecule has 0 aliphatic heterocycles. The largest absolute Gasteiger partial charge is 0.480 e. The van der Waals surface area contributed by atoms with Gasteiger partial charge in [-0.15, -0.1) is 0 Å². The maximum atomic E-state index is 12.9. The van der Waals surface area contributed by atoms with E-state index in [1.54, 1.807) is 31.8 Å². The van der Waals surface area contributed by atoms with Gasteiger partial charge in [0.25, 0.3) is 0 Å². The molecule has 0 aliphatic rings. The summed E-state index contributed by atoms with van der Waals surface area (Å²) in [5, 5.41) is 27.6. The highest BCUT2D eigenvalue weighted by molar-refractivity contribution is 7.98. The van der Waals surface area contributed by atoms with Gasteiger partial charge in [-0.05, 0) is 36.0 Å². The molecular weight excluding hydrogens is 486 g/mol. The Labute approximate surface area is 214 Å². The second kappa shape index (κ2) is 13.9. The normalized spacial score (nSPS) is 14.6. The number of rotatable bonds is 14. The summed E-state index contributed by atoms with van der Waals surface area (Å²) in [5.41, 5.74) is 7.41. The van der Waals surface area contributed by atoms with Crippen LogP contribution in [0.15, 0.2) is 30.5 Å². The number of amides is 3. The number of hydrogen-bond donors (Lipinski definition) is 7. The highest BCUT2D eigenvalue weighted by atomic mass is 32.2. The van der Waals surface area contributed by atoms with E-state index in [0.717, 1.165) is 10.9 Å². The predicted octanol–water partition coefficient (Wildman–Crippen LogP) is -0.0219. The van der Waals surface area contributed by atoms with Crippen molar-refractivity contribution in [3.05, 3.63) is 36.0 Å². The summed E-state index contributed by atoms with van der Waals surface area (Å²) >= 11 is 1.55. The fraction of sp³-hybridized carbons (Fsp3) is 0.500. The molecule has 0 bridgehead atoms. The highest BCUT2D eigenvalue weighted by Gasteiger charge is 2.31. The van der Waals surface area contributed by atoms with Gasteiger partial charge < -0.3 is 36.9 Å². The van der Waals surface area contributed by atoms with Crippen LogP contribution in [0, 0.1) is 5.92 Å². The number of benzene rings is 1. The molecule has 1 aromatic heterocycles. The van der Waals surface area contributed by atoms with E-state index in [9.17, 15) is 29.4 Å². The SMILES string of the molecule is CSCCC(N)C(=O)NC(C(=O)NC(CO)C(=O)NC(Cc1c[nH]c2ccccc12)C(=O)O)C(C)C. The molecule has 0 spiro atoms. The van der Waals surface area contributed by atoms with Crippen LogP contribution in [0.5, 0.6) is 0 Å². The molecule has 11 nitrogen and oxygen atoms in total. The number of para-hydroxylation sites is 1. The second-order valence-corrected chi connectivity index (χ2v) is 9.81. The Morgan fingerprint density at radius 3 is 2.31 bits per heavy atom. The number of carboxylic acids is 1. The van der Waals surface area contributed by atoms with Crippen molar-refractivity contribution < 1.29 is 29.4 Å². The third-order valence-corrected chi connectivity index (χ3v) is 6.39. The first-order valence-corrected chi connectivity index (χ1v) is 13.0. The van der Waals surface area contributed by atoms with Gasteiger partial charge in [-0.2, -0.15) is 11.8 Å². The maximum Gasteiger partial charge on any atom is 0.326 e. The van der Waals surface area contributed by atoms with Crippen LogP contribution in [0.25, 0.3) is 10.9 Å². The first kappa shape index (κ1) is 29.1. The molecule has 4 unspecified atom stereocenters. The first-order valence-electron chi connectivity index (χ1n) is 11.6. The number of H-pyrrole nitrogens is 1. The summed E-state index contributed by atoms with van der Waals surface area (Å²) in [5.74, 6) is -2.95. The summed E-state index contributed by atoms with van der Waals surface area (Å²) in [6, 6.07) is 2.87. The molecule has 0 saturated heterocycles. The van der Waals surface area contributed by atoms with Crippen LogP contribution in [-0.4, -0.2) is 81.7 Å². The van der Waals surface area contributed by atoms with Crippen molar-refractivity contribution >= 4 is 46.4 Å². The summed E-state index contributed by atoms with van der Waals surface area (Å²) < 4.78 is 0. The number of thioether (sulfide) groups is 1. The number of carboxylic acid groups (broad SMARTS) is 1. The van der Waals surface area contributed by atoms with E-state index in [1.165, 1.54) is 0 Å². The quantitative estimate of drug-likeness (QED) is 0.181. The Balaban J connectivity index is 2.06. The molecule has 0 aliphatic carbocycles. The average molecular weight is 522 g/mol. The molecule has 12 heteroatoms. The van der Waals surface area contributed by atoms with Gasteiger partial charge in [-0.3, -0.25) is 14.4 Å². The Kier molecular flexibility index (Phi) is 11.2. The lowest BCUT2D eigenvalue weighted by Crippen LogP contribution is -2.59. The molecule has 0 radical (unpaired) electrons. The number of carbonyl (C=O) groups excluding carboxylic acids is 3. The van der Waals surface area contributed by atoms with Gasteiger partial charge in [0.1, 0.15) is 18.1 Å². The molecule has 4 atom stereocenters. The topological polar surface area (TPSA) is 187 Å². The summed E-state index contributed by atoms with van der Waals surface area (Å²) in [6.45, 7) is 2.67. The number of carbonyl (C=O) groups is 4. The van der Waals surface area contributed by atoms with Gasteiger partial charge in [-0.25, -0.2) is 4.79 Å². The number of fused-ring (bicyclic) bond motifs is 1. The number of nitrogens with two attached hydrogens (primary N) is 1. The fourth-order valence-electron chi connectivity index (χ4n) is 3.62. The van der Waals surface area contributed by atoms with E-state index in [2.05, 4.69) is 20.9 Å². The summed E-state index contributed by atoms with van der Waals surface area (Å²) in [6.07, 6.45) is 4.01. The van der Waals surface area contributed by atoms with Crippen molar-refractivity contribution in [2.24, 2.45) is 11.7 Å². The molecule has 3 amide bonds. The third kappa shape index (κ3) is 7.97. The molecule has 0 fully saturated rings. The zero-order valence-corrected chi connectivity index (χ0v) is 21.4. The lowest BCUT2D eigenvalue weighted by atomic mass is 10.0. The average Bonchev–Trinajstić information content (AvgIpc) is 3.25. The zero-order valence-electron chi connectivity index (χ0n) is 20.6. The Morgan fingerprint density at radius 2 is 1.69 bits per heavy atom. The van der Waals surface area contributed by atoms with Crippen molar-refractivity contribution in [3.63, 3.8) is 0 Å². The van der Waals surface area contributed by atoms with Crippen molar-refractivity contribution in [2.45, 2.75) is 50.9 Å². The number of aromatic nitrogens is 1. The Morgan fingerprint density at radius 1 is 1.03 bits per heavy atom. The van der Waals surface area contributed by atoms with E-state index in [-0.39, 0.29) is 12.3 Å². The smallest absolute Gasteiger partial charge is 0.326 e. The Bertz CT molecular complexity index is 1060. The van der Waals surface area contributed by atoms with Crippen molar-refractivity contribution in [2.75, 3.05) is 18.6 Å². The van der Waals surface area contributed by atoms with Gasteiger partial charge in [-0.1, -0.05) is 32.0 Å². The monoisotopic (exact) mass is 521 g/mol. The molecule has 1 aromatic carbocycles. The van der Waals surface area contributed by atoms with Crippen LogP contribution in [0.4, 0.5) is 0 Å². The Hall–Kier alpha value is -3.09. The van der Waals surface area contributed by atoms with Crippen molar-refractivity contribution in [1.29, 1.82) is 0 Å². The number of aliphatic hydroxyl groups excluding tert-OH is 1. The van der Waals surface area contributed by atoms with Gasteiger partial charge in [0.15, 0.2) is 0 Å². The summed E-state index contributed by atoms with van der Waals surface area (Å²) in [7, 11) is 0. The molecule has 8 N–H and O–H groups in total. The number of aliphatic hydroxyl groups is 1. The highest BCUT2D eigenvalue weighted by Crippen LogP contribution is 2.19. The zero-order chi connectivity index (χ0) is 26.8. The minimum Gasteiger partial charge on any atom is -0.480 e. The lowest BCUT2D eigenvalue weighted by Gasteiger charge is -2.26. The van der Waals surface area contributed by atoms with E-state index in [4.69, 9.17) is 5.73 Å². The third-order valence-electron chi connectivity index (χ3n) is 5.75. The molecule has 0 saturated carbocycles. The maximum absolute atomic E-state index is 12.9. The van der Waals surface area contributed by atoms with Gasteiger partial charge in [0, 0.05) is 23.5 Å². The lowest BCUT2D eigenvalue weighted by molar-refractivity contribution is -0.142. The number of nitrogens with one attached hydrogen (secondary N) is 4. The van der Waals surface area contributed by atoms with Crippen LogP contribution < -0.4 is 21.7 Å². The van der Waals surface area contributed by atoms with Crippen LogP contribution in [0.3, 0.4) is 0 Å². The van der Waals surface area contributed by atoms with E-state index in [1.807, 2.05) is 30.5 Å². The minimum atomic E-state index is -1.41. The molecular formula is C24H35N5O6S. The van der Waals surface area contributed by atoms with E-state index in [0.29, 0.717) is 17.7 Å².